The van der Waals surface area contributed by atoms with Gasteiger partial charge in [0, 0.05) is 0 Å². The van der Waals surface area contributed by atoms with E-state index in [1.165, 1.54) is 5.56 Å². The molecule has 0 N–H and O–H groups in total. The lowest BCUT2D eigenvalue weighted by molar-refractivity contribution is 1.16. The molecule has 1 heteroatoms. The van der Waals surface area contributed by atoms with E-state index in [1.54, 1.807) is 5.56 Å². The average Bonchev–Trinajstić information content (AvgIpc) is 2.45. The highest BCUT2D eigenvalue weighted by Gasteiger charge is 2.29. The molecule has 2 rings (SSSR count). The van der Waals surface area contributed by atoms with Crippen LogP contribution in [-0.2, 0) is 0 Å². The molecule has 0 bridgehead atoms. The maximum Gasteiger partial charge on any atom is 0.0566 e. The standard InChI is InChI=1S/C12H16Si/c1-13(2,3)12-9-8-10-6-4-5-7-11(10)12/h4-9,12H,1-3H3. The summed E-state index contributed by atoms with van der Waals surface area (Å²) in [6, 6.07) is 8.76. The second kappa shape index (κ2) is 2.84. The second-order valence-corrected chi connectivity index (χ2v) is 10.2. The smallest absolute Gasteiger partial charge is 0.0566 e. The Morgan fingerprint density at radius 1 is 1.08 bits per heavy atom. The number of rotatable bonds is 1. The van der Waals surface area contributed by atoms with Crippen LogP contribution in [0.25, 0.3) is 6.08 Å². The van der Waals surface area contributed by atoms with E-state index in [4.69, 9.17) is 0 Å². The lowest BCUT2D eigenvalue weighted by atomic mass is 10.1. The van der Waals surface area contributed by atoms with Crippen LogP contribution in [0.15, 0.2) is 30.3 Å². The normalized spacial score (nSPS) is 20.4. The molecule has 0 aromatic heterocycles. The largest absolute Gasteiger partial charge is 0.0791 e. The summed E-state index contributed by atoms with van der Waals surface area (Å²) in [4.78, 5) is 0. The van der Waals surface area contributed by atoms with Crippen LogP contribution in [0.3, 0.4) is 0 Å². The van der Waals surface area contributed by atoms with Crippen molar-refractivity contribution in [3.8, 4) is 0 Å². The van der Waals surface area contributed by atoms with Crippen molar-refractivity contribution in [2.24, 2.45) is 0 Å². The van der Waals surface area contributed by atoms with E-state index in [0.29, 0.717) is 0 Å². The minimum atomic E-state index is -1.06. The molecular formula is C12H16Si. The molecule has 0 aliphatic heterocycles. The van der Waals surface area contributed by atoms with Gasteiger partial charge in [-0.05, 0) is 16.7 Å². The molecule has 1 aromatic carbocycles. The van der Waals surface area contributed by atoms with Crippen LogP contribution in [0.2, 0.25) is 19.6 Å². The van der Waals surface area contributed by atoms with Crippen molar-refractivity contribution in [2.75, 3.05) is 0 Å². The Balaban J connectivity index is 2.45. The van der Waals surface area contributed by atoms with Crippen LogP contribution in [-0.4, -0.2) is 8.07 Å². The molecule has 13 heavy (non-hydrogen) atoms. The van der Waals surface area contributed by atoms with E-state index >= 15 is 0 Å². The van der Waals surface area contributed by atoms with Crippen molar-refractivity contribution < 1.29 is 0 Å². The van der Waals surface area contributed by atoms with Gasteiger partial charge in [-0.1, -0.05) is 56.1 Å². The maximum absolute atomic E-state index is 2.43. The minimum Gasteiger partial charge on any atom is -0.0791 e. The molecule has 0 amide bonds. The summed E-state index contributed by atoms with van der Waals surface area (Å²) >= 11 is 0. The van der Waals surface area contributed by atoms with Crippen molar-refractivity contribution >= 4 is 14.1 Å². The molecule has 0 saturated carbocycles. The summed E-state index contributed by atoms with van der Waals surface area (Å²) in [5.74, 6) is 0. The van der Waals surface area contributed by atoms with Gasteiger partial charge in [-0.3, -0.25) is 0 Å². The van der Waals surface area contributed by atoms with Crippen LogP contribution in [0.5, 0.6) is 0 Å². The van der Waals surface area contributed by atoms with Gasteiger partial charge in [0.15, 0.2) is 0 Å². The first-order valence-corrected chi connectivity index (χ1v) is 8.44. The zero-order valence-electron chi connectivity index (χ0n) is 8.54. The van der Waals surface area contributed by atoms with Crippen LogP contribution >= 0.6 is 0 Å². The van der Waals surface area contributed by atoms with E-state index in [-0.39, 0.29) is 0 Å². The number of benzene rings is 1. The van der Waals surface area contributed by atoms with Crippen LogP contribution < -0.4 is 0 Å². The number of fused-ring (bicyclic) bond motifs is 1. The lowest BCUT2D eigenvalue weighted by Gasteiger charge is -2.24. The molecule has 1 atom stereocenters. The molecule has 0 heterocycles. The van der Waals surface area contributed by atoms with Gasteiger partial charge in [0.2, 0.25) is 0 Å². The Morgan fingerprint density at radius 2 is 1.77 bits per heavy atom. The topological polar surface area (TPSA) is 0 Å². The molecular weight excluding hydrogens is 172 g/mol. The van der Waals surface area contributed by atoms with Gasteiger partial charge in [-0.25, -0.2) is 0 Å². The van der Waals surface area contributed by atoms with Gasteiger partial charge < -0.3 is 0 Å². The Kier molecular flexibility index (Phi) is 1.92. The van der Waals surface area contributed by atoms with E-state index in [9.17, 15) is 0 Å². The van der Waals surface area contributed by atoms with E-state index in [0.717, 1.165) is 5.54 Å². The molecule has 0 spiro atoms. The minimum absolute atomic E-state index is 0.726. The Morgan fingerprint density at radius 3 is 2.46 bits per heavy atom. The Labute approximate surface area is 81.3 Å². The van der Waals surface area contributed by atoms with Gasteiger partial charge in [0.1, 0.15) is 0 Å². The van der Waals surface area contributed by atoms with Gasteiger partial charge in [-0.15, -0.1) is 0 Å². The number of hydrogen-bond acceptors (Lipinski definition) is 0. The highest BCUT2D eigenvalue weighted by molar-refractivity contribution is 6.78. The van der Waals surface area contributed by atoms with Gasteiger partial charge in [0.25, 0.3) is 0 Å². The predicted octanol–water partition coefficient (Wildman–Crippen LogP) is 3.67. The van der Waals surface area contributed by atoms with Crippen LogP contribution in [0.1, 0.15) is 16.7 Å². The Bertz CT molecular complexity index is 344. The first kappa shape index (κ1) is 8.76. The first-order chi connectivity index (χ1) is 6.09. The molecule has 1 unspecified atom stereocenters. The summed E-state index contributed by atoms with van der Waals surface area (Å²) in [6.07, 6.45) is 4.66. The van der Waals surface area contributed by atoms with Crippen molar-refractivity contribution in [1.82, 2.24) is 0 Å². The van der Waals surface area contributed by atoms with E-state index in [1.807, 2.05) is 0 Å². The zero-order valence-corrected chi connectivity index (χ0v) is 9.54. The predicted molar refractivity (Wildman–Crippen MR) is 61.6 cm³/mol. The third-order valence-corrected chi connectivity index (χ3v) is 5.10. The molecule has 1 aromatic rings. The fourth-order valence-electron chi connectivity index (χ4n) is 2.00. The van der Waals surface area contributed by atoms with Crippen LogP contribution in [0.4, 0.5) is 0 Å². The fraction of sp³-hybridized carbons (Fsp3) is 0.333. The third-order valence-electron chi connectivity index (χ3n) is 2.73. The summed E-state index contributed by atoms with van der Waals surface area (Å²) < 4.78 is 0. The average molecular weight is 188 g/mol. The summed E-state index contributed by atoms with van der Waals surface area (Å²) in [6.45, 7) is 7.30. The number of allylic oxidation sites excluding steroid dienone is 1. The summed E-state index contributed by atoms with van der Waals surface area (Å²) in [5, 5.41) is 0. The third kappa shape index (κ3) is 1.48. The molecule has 0 radical (unpaired) electrons. The zero-order chi connectivity index (χ0) is 9.47. The molecule has 0 fully saturated rings. The summed E-state index contributed by atoms with van der Waals surface area (Å²) in [5.41, 5.74) is 3.69. The molecule has 0 nitrogen and oxygen atoms in total. The van der Waals surface area contributed by atoms with Gasteiger partial charge >= 0.3 is 0 Å². The highest BCUT2D eigenvalue weighted by atomic mass is 28.3. The monoisotopic (exact) mass is 188 g/mol. The van der Waals surface area contributed by atoms with E-state index in [2.05, 4.69) is 56.1 Å². The molecule has 0 saturated heterocycles. The van der Waals surface area contributed by atoms with Crippen molar-refractivity contribution in [2.45, 2.75) is 25.2 Å². The van der Waals surface area contributed by atoms with E-state index < -0.39 is 8.07 Å². The maximum atomic E-state index is 2.43. The Hall–Kier alpha value is -0.823. The second-order valence-electron chi connectivity index (χ2n) is 4.83. The molecule has 1 aliphatic rings. The van der Waals surface area contributed by atoms with Crippen molar-refractivity contribution in [3.05, 3.63) is 41.5 Å². The highest BCUT2D eigenvalue weighted by Crippen LogP contribution is 2.36. The molecule has 68 valence electrons. The van der Waals surface area contributed by atoms with Crippen molar-refractivity contribution in [3.63, 3.8) is 0 Å². The van der Waals surface area contributed by atoms with Crippen molar-refractivity contribution in [1.29, 1.82) is 0 Å². The first-order valence-electron chi connectivity index (χ1n) is 4.86. The lowest BCUT2D eigenvalue weighted by Crippen LogP contribution is -2.28. The van der Waals surface area contributed by atoms with Gasteiger partial charge in [0.05, 0.1) is 8.07 Å². The van der Waals surface area contributed by atoms with Gasteiger partial charge in [-0.2, -0.15) is 0 Å². The summed E-state index contributed by atoms with van der Waals surface area (Å²) in [7, 11) is -1.06. The SMILES string of the molecule is C[Si](C)(C)C1C=Cc2ccccc21. The van der Waals surface area contributed by atoms with Crippen LogP contribution in [0, 0.1) is 0 Å². The molecule has 1 aliphatic carbocycles. The fourth-order valence-corrected chi connectivity index (χ4v) is 3.87. The quantitative estimate of drug-likeness (QED) is 0.590. The number of hydrogen-bond donors (Lipinski definition) is 0.